The van der Waals surface area contributed by atoms with Crippen LogP contribution in [0.4, 0.5) is 0 Å². The summed E-state index contributed by atoms with van der Waals surface area (Å²) in [7, 11) is 0. The van der Waals surface area contributed by atoms with E-state index in [1.54, 1.807) is 6.92 Å². The van der Waals surface area contributed by atoms with Crippen molar-refractivity contribution < 1.29 is 5.11 Å². The first kappa shape index (κ1) is 15.1. The minimum Gasteiger partial charge on any atom is -0.389 e. The largest absolute Gasteiger partial charge is 0.389 e. The second kappa shape index (κ2) is 6.47. The van der Waals surface area contributed by atoms with Gasteiger partial charge in [0.2, 0.25) is 0 Å². The summed E-state index contributed by atoms with van der Waals surface area (Å²) in [6.45, 7) is 8.31. The Hall–Kier alpha value is -1.25. The number of aliphatic hydroxyl groups excluding tert-OH is 1. The zero-order valence-electron chi connectivity index (χ0n) is 12.6. The summed E-state index contributed by atoms with van der Waals surface area (Å²) < 4.78 is 0. The molecule has 0 bridgehead atoms. The molecule has 2 aromatic carbocycles. The van der Waals surface area contributed by atoms with E-state index in [4.69, 9.17) is 0 Å². The Bertz CT molecular complexity index is 562. The van der Waals surface area contributed by atoms with Gasteiger partial charge in [0, 0.05) is 10.6 Å². The fourth-order valence-corrected chi connectivity index (χ4v) is 3.53. The van der Waals surface area contributed by atoms with Gasteiger partial charge < -0.3 is 5.11 Å². The number of benzene rings is 2. The third-order valence-electron chi connectivity index (χ3n) is 3.59. The minimum atomic E-state index is -0.393. The van der Waals surface area contributed by atoms with Gasteiger partial charge in [0.1, 0.15) is 0 Å². The van der Waals surface area contributed by atoms with Crippen LogP contribution in [0.1, 0.15) is 40.8 Å². The average Bonchev–Trinajstić information content (AvgIpc) is 2.38. The molecule has 0 aliphatic carbocycles. The first-order valence-corrected chi connectivity index (χ1v) is 7.93. The highest BCUT2D eigenvalue weighted by molar-refractivity contribution is 7.98. The highest BCUT2D eigenvalue weighted by Gasteiger charge is 2.05. The molecule has 1 atom stereocenters. The third-order valence-corrected chi connectivity index (χ3v) is 4.62. The number of aryl methyl sites for hydroxylation is 3. The van der Waals surface area contributed by atoms with Crippen LogP contribution in [0.25, 0.3) is 0 Å². The smallest absolute Gasteiger partial charge is 0.0761 e. The molecular weight excluding hydrogens is 264 g/mol. The Morgan fingerprint density at radius 1 is 1.00 bits per heavy atom. The van der Waals surface area contributed by atoms with Crippen LogP contribution >= 0.6 is 11.8 Å². The van der Waals surface area contributed by atoms with Gasteiger partial charge in [0.15, 0.2) is 0 Å². The molecule has 20 heavy (non-hydrogen) atoms. The van der Waals surface area contributed by atoms with E-state index < -0.39 is 6.10 Å². The number of hydrogen-bond donors (Lipinski definition) is 1. The Kier molecular flexibility index (Phi) is 4.90. The van der Waals surface area contributed by atoms with Gasteiger partial charge in [-0.1, -0.05) is 29.8 Å². The maximum atomic E-state index is 9.51. The quantitative estimate of drug-likeness (QED) is 0.802. The molecule has 0 aromatic heterocycles. The van der Waals surface area contributed by atoms with Crippen LogP contribution in [-0.4, -0.2) is 5.11 Å². The van der Waals surface area contributed by atoms with Crippen molar-refractivity contribution in [1.29, 1.82) is 0 Å². The molecule has 0 amide bonds. The topological polar surface area (TPSA) is 20.2 Å². The lowest BCUT2D eigenvalue weighted by molar-refractivity contribution is 0.199. The van der Waals surface area contributed by atoms with Gasteiger partial charge in [0.05, 0.1) is 6.10 Å². The highest BCUT2D eigenvalue weighted by atomic mass is 32.2. The van der Waals surface area contributed by atoms with Crippen molar-refractivity contribution in [2.24, 2.45) is 0 Å². The molecule has 0 spiro atoms. The molecule has 1 unspecified atom stereocenters. The van der Waals surface area contributed by atoms with E-state index in [1.165, 1.54) is 27.1 Å². The summed E-state index contributed by atoms with van der Waals surface area (Å²) in [5.74, 6) is 0.992. The molecule has 2 aromatic rings. The molecule has 0 aliphatic rings. The molecule has 2 heteroatoms. The van der Waals surface area contributed by atoms with E-state index in [-0.39, 0.29) is 0 Å². The van der Waals surface area contributed by atoms with Crippen molar-refractivity contribution in [2.45, 2.75) is 44.4 Å². The Morgan fingerprint density at radius 2 is 1.55 bits per heavy atom. The van der Waals surface area contributed by atoms with E-state index in [2.05, 4.69) is 45.0 Å². The van der Waals surface area contributed by atoms with Crippen LogP contribution in [0.3, 0.4) is 0 Å². The van der Waals surface area contributed by atoms with E-state index >= 15 is 0 Å². The zero-order valence-corrected chi connectivity index (χ0v) is 13.4. The molecule has 0 aliphatic heterocycles. The van der Waals surface area contributed by atoms with Gasteiger partial charge in [-0.2, -0.15) is 0 Å². The lowest BCUT2D eigenvalue weighted by Gasteiger charge is -2.11. The molecule has 2 rings (SSSR count). The Labute approximate surface area is 126 Å². The third kappa shape index (κ3) is 3.65. The molecule has 0 fully saturated rings. The van der Waals surface area contributed by atoms with Crippen molar-refractivity contribution in [1.82, 2.24) is 0 Å². The lowest BCUT2D eigenvalue weighted by Crippen LogP contribution is -1.93. The van der Waals surface area contributed by atoms with Crippen LogP contribution in [0.2, 0.25) is 0 Å². The number of thioether (sulfide) groups is 1. The molecule has 0 saturated heterocycles. The van der Waals surface area contributed by atoms with Crippen molar-refractivity contribution in [3.63, 3.8) is 0 Å². The summed E-state index contributed by atoms with van der Waals surface area (Å²) in [5.41, 5.74) is 6.47. The molecule has 106 valence electrons. The first-order valence-electron chi connectivity index (χ1n) is 6.95. The number of rotatable bonds is 4. The lowest BCUT2D eigenvalue weighted by atomic mass is 10.0. The molecule has 1 nitrogen and oxygen atoms in total. The Balaban J connectivity index is 2.09. The molecule has 0 radical (unpaired) electrons. The van der Waals surface area contributed by atoms with Crippen LogP contribution in [0, 0.1) is 20.8 Å². The van der Waals surface area contributed by atoms with Crippen LogP contribution in [-0.2, 0) is 5.75 Å². The summed E-state index contributed by atoms with van der Waals surface area (Å²) in [4.78, 5) is 1.24. The second-order valence-electron chi connectivity index (χ2n) is 5.41. The van der Waals surface area contributed by atoms with Crippen molar-refractivity contribution in [2.75, 3.05) is 0 Å². The fourth-order valence-electron chi connectivity index (χ4n) is 2.44. The predicted octanol–water partition coefficient (Wildman–Crippen LogP) is 4.96. The van der Waals surface area contributed by atoms with E-state index in [0.717, 1.165) is 11.3 Å². The normalized spacial score (nSPS) is 12.4. The maximum Gasteiger partial charge on any atom is 0.0761 e. The van der Waals surface area contributed by atoms with Gasteiger partial charge in [-0.15, -0.1) is 11.8 Å². The monoisotopic (exact) mass is 286 g/mol. The zero-order chi connectivity index (χ0) is 14.7. The minimum absolute atomic E-state index is 0.393. The molecule has 1 N–H and O–H groups in total. The van der Waals surface area contributed by atoms with Crippen LogP contribution in [0.15, 0.2) is 41.3 Å². The van der Waals surface area contributed by atoms with Crippen LogP contribution in [0.5, 0.6) is 0 Å². The van der Waals surface area contributed by atoms with Gasteiger partial charge in [-0.05, 0) is 62.1 Å². The van der Waals surface area contributed by atoms with Gasteiger partial charge in [-0.3, -0.25) is 0 Å². The summed E-state index contributed by atoms with van der Waals surface area (Å²) >= 11 is 1.85. The summed E-state index contributed by atoms with van der Waals surface area (Å²) in [6.07, 6.45) is -0.393. The predicted molar refractivity (Wildman–Crippen MR) is 87.3 cm³/mol. The van der Waals surface area contributed by atoms with Crippen LogP contribution < -0.4 is 0 Å². The maximum absolute atomic E-state index is 9.51. The first-order chi connectivity index (χ1) is 9.47. The summed E-state index contributed by atoms with van der Waals surface area (Å²) in [6, 6.07) is 12.7. The van der Waals surface area contributed by atoms with Gasteiger partial charge >= 0.3 is 0 Å². The van der Waals surface area contributed by atoms with Crippen molar-refractivity contribution in [3.8, 4) is 0 Å². The highest BCUT2D eigenvalue weighted by Crippen LogP contribution is 2.28. The molecule has 0 heterocycles. The molecular formula is C18H22OS. The van der Waals surface area contributed by atoms with E-state index in [9.17, 15) is 5.11 Å². The average molecular weight is 286 g/mol. The number of hydrogen-bond acceptors (Lipinski definition) is 2. The van der Waals surface area contributed by atoms with E-state index in [0.29, 0.717) is 0 Å². The summed E-state index contributed by atoms with van der Waals surface area (Å²) in [5, 5.41) is 9.51. The number of aliphatic hydroxyl groups is 1. The standard InChI is InChI=1S/C18H22OS/c1-12-9-13(2)18(14(3)10-12)11-20-17-7-5-16(6-8-17)15(4)19/h5-10,15,19H,11H2,1-4H3. The fraction of sp³-hybridized carbons (Fsp3) is 0.333. The van der Waals surface area contributed by atoms with Gasteiger partial charge in [-0.25, -0.2) is 0 Å². The van der Waals surface area contributed by atoms with Gasteiger partial charge in [0.25, 0.3) is 0 Å². The molecule has 0 saturated carbocycles. The Morgan fingerprint density at radius 3 is 2.05 bits per heavy atom. The van der Waals surface area contributed by atoms with Crippen molar-refractivity contribution >= 4 is 11.8 Å². The SMILES string of the molecule is Cc1cc(C)c(CSc2ccc(C(C)O)cc2)c(C)c1. The van der Waals surface area contributed by atoms with Crippen molar-refractivity contribution in [3.05, 3.63) is 64.2 Å². The second-order valence-corrected chi connectivity index (χ2v) is 6.46. The van der Waals surface area contributed by atoms with E-state index in [1.807, 2.05) is 23.9 Å².